The van der Waals surface area contributed by atoms with Crippen molar-refractivity contribution in [2.75, 3.05) is 5.32 Å². The molecule has 3 rings (SSSR count). The van der Waals surface area contributed by atoms with Gasteiger partial charge in [-0.1, -0.05) is 107 Å². The summed E-state index contributed by atoms with van der Waals surface area (Å²) in [6.07, 6.45) is 1.76. The summed E-state index contributed by atoms with van der Waals surface area (Å²) in [4.78, 5) is 4.82. The number of nitrogens with one attached hydrogen (secondary N) is 1. The predicted octanol–water partition coefficient (Wildman–Crippen LogP) is 9.65. The highest BCUT2D eigenvalue weighted by Gasteiger charge is 2.26. The summed E-state index contributed by atoms with van der Waals surface area (Å²) in [5.41, 5.74) is 6.92. The van der Waals surface area contributed by atoms with Crippen LogP contribution in [-0.2, 0) is 28.2 Å². The predicted molar refractivity (Wildman–Crippen MR) is 172 cm³/mol. The highest BCUT2D eigenvalue weighted by Crippen LogP contribution is 2.39. The van der Waals surface area contributed by atoms with E-state index in [0.717, 1.165) is 33.6 Å². The van der Waals surface area contributed by atoms with Crippen molar-refractivity contribution in [1.29, 1.82) is 0 Å². The topological polar surface area (TPSA) is 64.9 Å². The molecule has 0 fully saturated rings. The second kappa shape index (κ2) is 11.0. The second-order valence-corrected chi connectivity index (χ2v) is 15.1. The fraction of sp³-hybridized carbons (Fsp3) is 0.472. The van der Waals surface area contributed by atoms with Crippen molar-refractivity contribution in [3.8, 4) is 11.5 Å². The molecule has 0 atom stereocenters. The number of hydrogen-bond donors (Lipinski definition) is 3. The molecule has 40 heavy (non-hydrogen) atoms. The van der Waals surface area contributed by atoms with Crippen LogP contribution < -0.4 is 5.32 Å². The fourth-order valence-corrected chi connectivity index (χ4v) is 4.66. The number of aliphatic imine (C=N–C) groups is 1. The van der Waals surface area contributed by atoms with Crippen molar-refractivity contribution in [2.24, 2.45) is 4.99 Å². The highest BCUT2D eigenvalue weighted by atomic mass is 16.3. The minimum Gasteiger partial charge on any atom is -0.507 e. The Labute approximate surface area is 242 Å². The lowest BCUT2D eigenvalue weighted by molar-refractivity contribution is 0.438. The average Bonchev–Trinajstić information content (AvgIpc) is 2.80. The molecule has 4 nitrogen and oxygen atoms in total. The quantitative estimate of drug-likeness (QED) is 0.281. The number of nitrogens with zero attached hydrogens (tertiary/aromatic N) is 1. The highest BCUT2D eigenvalue weighted by molar-refractivity contribution is 5.88. The second-order valence-electron chi connectivity index (χ2n) is 15.1. The first kappa shape index (κ1) is 31.3. The Bertz CT molecular complexity index is 1390. The van der Waals surface area contributed by atoms with E-state index in [0.29, 0.717) is 17.9 Å². The number of anilines is 1. The van der Waals surface area contributed by atoms with Crippen LogP contribution in [0.1, 0.15) is 116 Å². The number of phenols is 2. The van der Waals surface area contributed by atoms with Gasteiger partial charge in [0, 0.05) is 29.4 Å². The van der Waals surface area contributed by atoms with Gasteiger partial charge in [0.2, 0.25) is 0 Å². The summed E-state index contributed by atoms with van der Waals surface area (Å²) in [6.45, 7) is 26.3. The van der Waals surface area contributed by atoms with Gasteiger partial charge in [0.15, 0.2) is 0 Å². The Morgan fingerprint density at radius 3 is 1.68 bits per heavy atom. The minimum atomic E-state index is -0.205. The number of para-hydroxylation sites is 2. The van der Waals surface area contributed by atoms with Gasteiger partial charge in [-0.25, -0.2) is 0 Å². The lowest BCUT2D eigenvalue weighted by Crippen LogP contribution is -2.18. The van der Waals surface area contributed by atoms with Crippen LogP contribution in [0.3, 0.4) is 0 Å². The van der Waals surface area contributed by atoms with E-state index in [1.165, 1.54) is 5.56 Å². The van der Waals surface area contributed by atoms with Crippen LogP contribution in [0.4, 0.5) is 11.4 Å². The molecule has 0 saturated heterocycles. The summed E-state index contributed by atoms with van der Waals surface area (Å²) in [5, 5.41) is 25.9. The number of rotatable bonds is 5. The molecule has 0 amide bonds. The molecule has 0 aliphatic rings. The maximum Gasteiger partial charge on any atom is 0.128 e. The van der Waals surface area contributed by atoms with E-state index in [1.54, 1.807) is 6.21 Å². The lowest BCUT2D eigenvalue weighted by Gasteiger charge is -2.27. The van der Waals surface area contributed by atoms with E-state index in [-0.39, 0.29) is 27.4 Å². The van der Waals surface area contributed by atoms with Crippen LogP contribution in [0.15, 0.2) is 53.5 Å². The van der Waals surface area contributed by atoms with E-state index in [2.05, 4.69) is 107 Å². The van der Waals surface area contributed by atoms with E-state index >= 15 is 0 Å². The first-order valence-corrected chi connectivity index (χ1v) is 14.3. The molecule has 4 heteroatoms. The third-order valence-corrected chi connectivity index (χ3v) is 7.39. The molecule has 0 radical (unpaired) electrons. The van der Waals surface area contributed by atoms with Crippen LogP contribution >= 0.6 is 0 Å². The number of aromatic hydroxyl groups is 2. The van der Waals surface area contributed by atoms with Crippen LogP contribution in [0.25, 0.3) is 0 Å². The fourth-order valence-electron chi connectivity index (χ4n) is 4.66. The van der Waals surface area contributed by atoms with Gasteiger partial charge in [-0.15, -0.1) is 0 Å². The van der Waals surface area contributed by atoms with Crippen molar-refractivity contribution in [3.05, 3.63) is 81.9 Å². The maximum absolute atomic E-state index is 11.2. The van der Waals surface area contributed by atoms with Crippen LogP contribution in [0.2, 0.25) is 0 Å². The molecule has 0 saturated carbocycles. The third kappa shape index (κ3) is 7.27. The molecule has 0 spiro atoms. The van der Waals surface area contributed by atoms with Crippen molar-refractivity contribution in [3.63, 3.8) is 0 Å². The van der Waals surface area contributed by atoms with Gasteiger partial charge in [-0.2, -0.15) is 0 Å². The zero-order valence-corrected chi connectivity index (χ0v) is 26.7. The molecule has 216 valence electrons. The van der Waals surface area contributed by atoms with Crippen LogP contribution in [0, 0.1) is 0 Å². The van der Waals surface area contributed by atoms with Crippen molar-refractivity contribution in [1.82, 2.24) is 0 Å². The number of hydrogen-bond acceptors (Lipinski definition) is 4. The van der Waals surface area contributed by atoms with Crippen molar-refractivity contribution < 1.29 is 10.2 Å². The molecular formula is C36H50N2O2. The largest absolute Gasteiger partial charge is 0.507 e. The van der Waals surface area contributed by atoms with Crippen molar-refractivity contribution >= 4 is 17.6 Å². The lowest BCUT2D eigenvalue weighted by atomic mass is 9.79. The maximum atomic E-state index is 11.2. The van der Waals surface area contributed by atoms with Gasteiger partial charge in [-0.05, 0) is 62.6 Å². The Morgan fingerprint density at radius 1 is 0.650 bits per heavy atom. The van der Waals surface area contributed by atoms with Gasteiger partial charge in [-0.3, -0.25) is 4.99 Å². The van der Waals surface area contributed by atoms with Gasteiger partial charge in [0.25, 0.3) is 0 Å². The number of benzene rings is 3. The minimum absolute atomic E-state index is 0.0415. The van der Waals surface area contributed by atoms with Crippen LogP contribution in [0.5, 0.6) is 11.5 Å². The molecule has 0 aromatic heterocycles. The molecule has 3 N–H and O–H groups in total. The Balaban J connectivity index is 2.01. The average molecular weight is 543 g/mol. The Hall–Kier alpha value is -3.27. The van der Waals surface area contributed by atoms with E-state index in [9.17, 15) is 10.2 Å². The van der Waals surface area contributed by atoms with E-state index in [4.69, 9.17) is 4.99 Å². The summed E-state index contributed by atoms with van der Waals surface area (Å²) in [7, 11) is 0. The molecule has 0 bridgehead atoms. The van der Waals surface area contributed by atoms with Gasteiger partial charge in [0.05, 0.1) is 11.4 Å². The third-order valence-electron chi connectivity index (χ3n) is 7.39. The van der Waals surface area contributed by atoms with Gasteiger partial charge in [0.1, 0.15) is 11.5 Å². The standard InChI is InChI=1S/C36H50N2O2/c1-33(2,3)25-17-23(31(39)27(19-25)35(7,8)9)21-37-29-15-13-14-16-30(29)38-22-24-18-26(34(4,5)6)20-28(32(24)40)36(10,11)12/h13-21,38-40H,22H2,1-12H3. The van der Waals surface area contributed by atoms with Crippen LogP contribution in [-0.4, -0.2) is 16.4 Å². The molecular weight excluding hydrogens is 492 g/mol. The summed E-state index contributed by atoms with van der Waals surface area (Å²) < 4.78 is 0. The molecule has 0 heterocycles. The first-order valence-electron chi connectivity index (χ1n) is 14.3. The van der Waals surface area contributed by atoms with E-state index in [1.807, 2.05) is 30.3 Å². The zero-order valence-electron chi connectivity index (χ0n) is 26.7. The van der Waals surface area contributed by atoms with Crippen molar-refractivity contribution in [2.45, 2.75) is 111 Å². The summed E-state index contributed by atoms with van der Waals surface area (Å²) in [5.74, 6) is 0.612. The SMILES string of the molecule is CC(C)(C)c1cc(C=Nc2ccccc2NCc2cc(C(C)(C)C)cc(C(C)(C)C)c2O)c(O)c(C(C)(C)C)c1. The summed E-state index contributed by atoms with van der Waals surface area (Å²) in [6, 6.07) is 16.3. The Kier molecular flexibility index (Phi) is 8.56. The molecule has 0 unspecified atom stereocenters. The monoisotopic (exact) mass is 542 g/mol. The molecule has 0 aliphatic heterocycles. The first-order chi connectivity index (χ1) is 18.2. The Morgan fingerprint density at radius 2 is 1.15 bits per heavy atom. The molecule has 0 aliphatic carbocycles. The van der Waals surface area contributed by atoms with Gasteiger partial charge >= 0.3 is 0 Å². The van der Waals surface area contributed by atoms with Gasteiger partial charge < -0.3 is 15.5 Å². The normalized spacial score (nSPS) is 13.2. The molecule has 3 aromatic rings. The molecule has 3 aromatic carbocycles. The zero-order chi connectivity index (χ0) is 30.3. The van der Waals surface area contributed by atoms with E-state index < -0.39 is 0 Å². The smallest absolute Gasteiger partial charge is 0.128 e. The summed E-state index contributed by atoms with van der Waals surface area (Å²) >= 11 is 0. The number of phenolic OH excluding ortho intramolecular Hbond substituents is 2.